The summed E-state index contributed by atoms with van der Waals surface area (Å²) in [7, 11) is 0. The van der Waals surface area contributed by atoms with Crippen molar-refractivity contribution in [2.75, 3.05) is 5.32 Å². The van der Waals surface area contributed by atoms with Crippen LogP contribution in [-0.4, -0.2) is 15.9 Å². The van der Waals surface area contributed by atoms with E-state index >= 15 is 0 Å². The second kappa shape index (κ2) is 7.38. The van der Waals surface area contributed by atoms with Gasteiger partial charge >= 0.3 is 0 Å². The second-order valence-electron chi connectivity index (χ2n) is 6.49. The van der Waals surface area contributed by atoms with E-state index in [2.05, 4.69) is 41.5 Å². The molecule has 4 nitrogen and oxygen atoms in total. The molecule has 4 aromatic rings. The van der Waals surface area contributed by atoms with Crippen LogP contribution < -0.4 is 5.32 Å². The Morgan fingerprint density at radius 1 is 0.815 bits per heavy atom. The van der Waals surface area contributed by atoms with Gasteiger partial charge in [0, 0.05) is 12.0 Å². The lowest BCUT2D eigenvalue weighted by atomic mass is 10.1. The molecule has 132 valence electrons. The molecule has 0 saturated carbocycles. The number of aromatic nitrogens is 2. The number of carbonyl (C=O) groups is 1. The Labute approximate surface area is 157 Å². The first-order chi connectivity index (χ1) is 13.2. The van der Waals surface area contributed by atoms with E-state index in [1.807, 2.05) is 42.5 Å². The van der Waals surface area contributed by atoms with E-state index in [9.17, 15) is 4.79 Å². The molecule has 0 saturated heterocycles. The first kappa shape index (κ1) is 16.9. The molecule has 0 bridgehead atoms. The van der Waals surface area contributed by atoms with Crippen molar-refractivity contribution in [1.29, 1.82) is 0 Å². The Morgan fingerprint density at radius 3 is 2.15 bits per heavy atom. The highest BCUT2D eigenvalue weighted by atomic mass is 16.1. The lowest BCUT2D eigenvalue weighted by molar-refractivity contribution is 0.102. The molecule has 4 heteroatoms. The number of hydrogen-bond acceptors (Lipinski definition) is 3. The zero-order valence-electron chi connectivity index (χ0n) is 15.0. The Bertz CT molecular complexity index is 1090. The number of fused-ring (bicyclic) bond motifs is 1. The molecule has 4 rings (SSSR count). The average molecular weight is 353 g/mol. The topological polar surface area (TPSA) is 54.9 Å². The van der Waals surface area contributed by atoms with Crippen LogP contribution in [0.1, 0.15) is 27.2 Å². The summed E-state index contributed by atoms with van der Waals surface area (Å²) in [5, 5.41) is 2.94. The number of hydrogen-bond donors (Lipinski definition) is 1. The van der Waals surface area contributed by atoms with E-state index in [4.69, 9.17) is 4.98 Å². The van der Waals surface area contributed by atoms with Crippen molar-refractivity contribution in [1.82, 2.24) is 9.97 Å². The molecule has 0 atom stereocenters. The van der Waals surface area contributed by atoms with Crippen molar-refractivity contribution in [2.24, 2.45) is 0 Å². The fourth-order valence-corrected chi connectivity index (χ4v) is 2.93. The third-order valence-corrected chi connectivity index (χ3v) is 4.40. The third-order valence-electron chi connectivity index (χ3n) is 4.40. The highest BCUT2D eigenvalue weighted by Gasteiger charge is 2.14. The SMILES string of the molecule is Cc1ccc(Cc2nc3ccccc3nc2NC(=O)c2ccccc2)cc1. The number of amides is 1. The smallest absolute Gasteiger partial charge is 0.256 e. The van der Waals surface area contributed by atoms with Crippen LogP contribution in [0.3, 0.4) is 0 Å². The molecule has 0 aliphatic heterocycles. The summed E-state index contributed by atoms with van der Waals surface area (Å²) in [6.07, 6.45) is 0.600. The van der Waals surface area contributed by atoms with Crippen LogP contribution in [0.15, 0.2) is 78.9 Å². The van der Waals surface area contributed by atoms with Gasteiger partial charge in [0.25, 0.3) is 5.91 Å². The first-order valence-corrected chi connectivity index (χ1v) is 8.87. The van der Waals surface area contributed by atoms with Gasteiger partial charge in [-0.25, -0.2) is 9.97 Å². The summed E-state index contributed by atoms with van der Waals surface area (Å²) < 4.78 is 0. The van der Waals surface area contributed by atoms with Crippen molar-refractivity contribution in [3.8, 4) is 0 Å². The van der Waals surface area contributed by atoms with Gasteiger partial charge in [-0.3, -0.25) is 4.79 Å². The molecule has 0 unspecified atom stereocenters. The first-order valence-electron chi connectivity index (χ1n) is 8.87. The third kappa shape index (κ3) is 3.85. The summed E-state index contributed by atoms with van der Waals surface area (Å²) in [6, 6.07) is 25.1. The normalized spacial score (nSPS) is 10.7. The number of nitrogens with zero attached hydrogens (tertiary/aromatic N) is 2. The van der Waals surface area contributed by atoms with Gasteiger partial charge in [-0.15, -0.1) is 0 Å². The van der Waals surface area contributed by atoms with Crippen LogP contribution in [0.5, 0.6) is 0 Å². The maximum atomic E-state index is 12.6. The number of rotatable bonds is 4. The fourth-order valence-electron chi connectivity index (χ4n) is 2.93. The number of nitrogens with one attached hydrogen (secondary N) is 1. The van der Waals surface area contributed by atoms with Crippen LogP contribution in [0.25, 0.3) is 11.0 Å². The van der Waals surface area contributed by atoms with Crippen molar-refractivity contribution in [3.63, 3.8) is 0 Å². The molecule has 0 radical (unpaired) electrons. The Balaban J connectivity index is 1.72. The number of carbonyl (C=O) groups excluding carboxylic acids is 1. The standard InChI is InChI=1S/C23H19N3O/c1-16-11-13-17(14-12-16)15-21-22(25-20-10-6-5-9-19(20)24-21)26-23(27)18-7-3-2-4-8-18/h2-14H,15H2,1H3,(H,25,26,27). The van der Waals surface area contributed by atoms with Crippen LogP contribution in [0, 0.1) is 6.92 Å². The van der Waals surface area contributed by atoms with Gasteiger partial charge < -0.3 is 5.32 Å². The summed E-state index contributed by atoms with van der Waals surface area (Å²) in [5.41, 5.74) is 5.25. The zero-order chi connectivity index (χ0) is 18.6. The highest BCUT2D eigenvalue weighted by Crippen LogP contribution is 2.21. The molecule has 0 fully saturated rings. The van der Waals surface area contributed by atoms with Crippen molar-refractivity contribution in [2.45, 2.75) is 13.3 Å². The van der Waals surface area contributed by atoms with E-state index in [-0.39, 0.29) is 5.91 Å². The molecular weight excluding hydrogens is 334 g/mol. The van der Waals surface area contributed by atoms with Gasteiger partial charge in [-0.2, -0.15) is 0 Å². The molecule has 1 N–H and O–H groups in total. The minimum Gasteiger partial charge on any atom is -0.305 e. The Morgan fingerprint density at radius 2 is 1.44 bits per heavy atom. The lowest BCUT2D eigenvalue weighted by Crippen LogP contribution is -2.15. The molecule has 0 spiro atoms. The summed E-state index contributed by atoms with van der Waals surface area (Å²) in [6.45, 7) is 2.06. The summed E-state index contributed by atoms with van der Waals surface area (Å²) >= 11 is 0. The molecule has 1 heterocycles. The molecule has 1 amide bonds. The van der Waals surface area contributed by atoms with Gasteiger partial charge in [0.1, 0.15) is 0 Å². The monoisotopic (exact) mass is 353 g/mol. The lowest BCUT2D eigenvalue weighted by Gasteiger charge is -2.11. The molecule has 0 aliphatic carbocycles. The van der Waals surface area contributed by atoms with Gasteiger partial charge in [0.15, 0.2) is 5.82 Å². The molecule has 0 aliphatic rings. The van der Waals surface area contributed by atoms with Gasteiger partial charge in [-0.1, -0.05) is 60.2 Å². The number of aryl methyl sites for hydroxylation is 1. The summed E-state index contributed by atoms with van der Waals surface area (Å²) in [5.74, 6) is 0.313. The largest absolute Gasteiger partial charge is 0.305 e. The Kier molecular flexibility index (Phi) is 4.62. The van der Waals surface area contributed by atoms with Crippen LogP contribution >= 0.6 is 0 Å². The van der Waals surface area contributed by atoms with E-state index in [1.54, 1.807) is 12.1 Å². The average Bonchev–Trinajstić information content (AvgIpc) is 2.70. The van der Waals surface area contributed by atoms with E-state index < -0.39 is 0 Å². The van der Waals surface area contributed by atoms with Crippen LogP contribution in [-0.2, 0) is 6.42 Å². The molecule has 27 heavy (non-hydrogen) atoms. The molecular formula is C23H19N3O. The quantitative estimate of drug-likeness (QED) is 0.574. The van der Waals surface area contributed by atoms with Crippen LogP contribution in [0.2, 0.25) is 0 Å². The number of para-hydroxylation sites is 2. The van der Waals surface area contributed by atoms with Crippen molar-refractivity contribution >= 4 is 22.8 Å². The minimum absolute atomic E-state index is 0.190. The second-order valence-corrected chi connectivity index (χ2v) is 6.49. The van der Waals surface area contributed by atoms with Gasteiger partial charge in [0.05, 0.1) is 16.7 Å². The predicted octanol–water partition coefficient (Wildman–Crippen LogP) is 4.78. The maximum absolute atomic E-state index is 12.6. The highest BCUT2D eigenvalue weighted by molar-refractivity contribution is 6.04. The fraction of sp³-hybridized carbons (Fsp3) is 0.0870. The van der Waals surface area contributed by atoms with Crippen LogP contribution in [0.4, 0.5) is 5.82 Å². The van der Waals surface area contributed by atoms with E-state index in [1.165, 1.54) is 5.56 Å². The van der Waals surface area contributed by atoms with E-state index in [0.29, 0.717) is 17.8 Å². The zero-order valence-corrected chi connectivity index (χ0v) is 15.0. The molecule has 3 aromatic carbocycles. The van der Waals surface area contributed by atoms with E-state index in [0.717, 1.165) is 22.3 Å². The maximum Gasteiger partial charge on any atom is 0.256 e. The minimum atomic E-state index is -0.190. The Hall–Kier alpha value is -3.53. The summed E-state index contributed by atoms with van der Waals surface area (Å²) in [4.78, 5) is 22.0. The number of anilines is 1. The van der Waals surface area contributed by atoms with Gasteiger partial charge in [0.2, 0.25) is 0 Å². The predicted molar refractivity (Wildman–Crippen MR) is 108 cm³/mol. The van der Waals surface area contributed by atoms with Gasteiger partial charge in [-0.05, 0) is 36.8 Å². The number of benzene rings is 3. The van der Waals surface area contributed by atoms with Crippen molar-refractivity contribution < 1.29 is 4.79 Å². The molecule has 1 aromatic heterocycles. The van der Waals surface area contributed by atoms with Crippen molar-refractivity contribution in [3.05, 3.63) is 101 Å².